The van der Waals surface area contributed by atoms with E-state index in [1.54, 1.807) is 0 Å². The van der Waals surface area contributed by atoms with Gasteiger partial charge in [0.15, 0.2) is 12.2 Å². The van der Waals surface area contributed by atoms with Crippen molar-refractivity contribution in [1.29, 1.82) is 0 Å². The van der Waals surface area contributed by atoms with Gasteiger partial charge in [0.05, 0.1) is 26.4 Å². The molecule has 0 saturated heterocycles. The predicted molar refractivity (Wildman–Crippen MR) is 84.6 cm³/mol. The van der Waals surface area contributed by atoms with E-state index in [2.05, 4.69) is 0 Å². The average Bonchev–Trinajstić information content (AvgIpc) is 2.51. The number of ether oxygens (including phenoxy) is 3. The van der Waals surface area contributed by atoms with Crippen molar-refractivity contribution < 1.29 is 34.0 Å². The first kappa shape index (κ1) is 21.8. The highest BCUT2D eigenvalue weighted by Crippen LogP contribution is 2.06. The summed E-state index contributed by atoms with van der Waals surface area (Å²) in [4.78, 5) is 21.9. The maximum absolute atomic E-state index is 11.0. The number of carboxylic acids is 2. The molecule has 7 heteroatoms. The number of carboxylic acid groups (broad SMARTS) is 2. The Bertz CT molecular complexity index is 290. The van der Waals surface area contributed by atoms with Crippen LogP contribution in [0.3, 0.4) is 0 Å². The Morgan fingerprint density at radius 2 is 1.17 bits per heavy atom. The van der Waals surface area contributed by atoms with Crippen LogP contribution in [0.1, 0.15) is 52.4 Å². The fraction of sp³-hybridized carbons (Fsp3) is 0.875. The molecule has 0 bridgehead atoms. The van der Waals surface area contributed by atoms with Crippen molar-refractivity contribution in [1.82, 2.24) is 0 Å². The molecule has 0 aliphatic heterocycles. The van der Waals surface area contributed by atoms with Crippen LogP contribution in [-0.2, 0) is 23.8 Å². The standard InChI is InChI=1S/C16H30O7/c1-3-5-7-13(15(17)18)22-11-9-21-10-12-23-14(16(19)20)8-6-4-2/h13-14H,3-12H2,1-2H3,(H,17,18)(H,19,20). The molecule has 0 aromatic rings. The second-order valence-corrected chi connectivity index (χ2v) is 5.29. The topological polar surface area (TPSA) is 102 Å². The fourth-order valence-corrected chi connectivity index (χ4v) is 1.94. The molecular formula is C16H30O7. The Kier molecular flexibility index (Phi) is 13.7. The summed E-state index contributed by atoms with van der Waals surface area (Å²) < 4.78 is 15.8. The largest absolute Gasteiger partial charge is 0.479 e. The number of rotatable bonds is 16. The summed E-state index contributed by atoms with van der Waals surface area (Å²) in [5, 5.41) is 18.0. The van der Waals surface area contributed by atoms with E-state index in [9.17, 15) is 9.59 Å². The molecule has 0 aromatic heterocycles. The summed E-state index contributed by atoms with van der Waals surface area (Å²) >= 11 is 0. The minimum absolute atomic E-state index is 0.193. The minimum Gasteiger partial charge on any atom is -0.479 e. The van der Waals surface area contributed by atoms with Crippen molar-refractivity contribution in [2.45, 2.75) is 64.6 Å². The van der Waals surface area contributed by atoms with Crippen LogP contribution in [0.25, 0.3) is 0 Å². The number of aliphatic carboxylic acids is 2. The zero-order valence-corrected chi connectivity index (χ0v) is 14.2. The fourth-order valence-electron chi connectivity index (χ4n) is 1.94. The summed E-state index contributed by atoms with van der Waals surface area (Å²) in [7, 11) is 0. The molecule has 0 rings (SSSR count). The number of hydrogen-bond acceptors (Lipinski definition) is 5. The number of unbranched alkanes of at least 4 members (excludes halogenated alkanes) is 2. The van der Waals surface area contributed by atoms with Gasteiger partial charge in [-0.3, -0.25) is 0 Å². The molecule has 0 aliphatic rings. The summed E-state index contributed by atoms with van der Waals surface area (Å²) in [6.45, 7) is 4.88. The zero-order chi connectivity index (χ0) is 17.5. The van der Waals surface area contributed by atoms with E-state index >= 15 is 0 Å². The second kappa shape index (κ2) is 14.4. The van der Waals surface area contributed by atoms with E-state index in [-0.39, 0.29) is 26.4 Å². The van der Waals surface area contributed by atoms with Crippen molar-refractivity contribution in [2.24, 2.45) is 0 Å². The van der Waals surface area contributed by atoms with Gasteiger partial charge in [0.2, 0.25) is 0 Å². The lowest BCUT2D eigenvalue weighted by Crippen LogP contribution is -2.27. The maximum Gasteiger partial charge on any atom is 0.332 e. The van der Waals surface area contributed by atoms with E-state index in [1.165, 1.54) is 0 Å². The molecule has 136 valence electrons. The van der Waals surface area contributed by atoms with Gasteiger partial charge >= 0.3 is 11.9 Å². The van der Waals surface area contributed by atoms with Gasteiger partial charge in [0.1, 0.15) is 0 Å². The molecule has 0 fully saturated rings. The van der Waals surface area contributed by atoms with E-state index in [0.717, 1.165) is 25.7 Å². The average molecular weight is 334 g/mol. The van der Waals surface area contributed by atoms with Gasteiger partial charge in [-0.25, -0.2) is 9.59 Å². The van der Waals surface area contributed by atoms with Gasteiger partial charge in [-0.2, -0.15) is 0 Å². The monoisotopic (exact) mass is 334 g/mol. The first-order valence-electron chi connectivity index (χ1n) is 8.29. The highest BCUT2D eigenvalue weighted by molar-refractivity contribution is 5.72. The smallest absolute Gasteiger partial charge is 0.332 e. The van der Waals surface area contributed by atoms with Gasteiger partial charge in [-0.05, 0) is 12.8 Å². The Hall–Kier alpha value is -1.18. The second-order valence-electron chi connectivity index (χ2n) is 5.29. The van der Waals surface area contributed by atoms with Crippen molar-refractivity contribution in [3.05, 3.63) is 0 Å². The third-order valence-electron chi connectivity index (χ3n) is 3.28. The van der Waals surface area contributed by atoms with Crippen LogP contribution in [0.4, 0.5) is 0 Å². The van der Waals surface area contributed by atoms with Gasteiger partial charge in [-0.15, -0.1) is 0 Å². The van der Waals surface area contributed by atoms with Gasteiger partial charge in [0.25, 0.3) is 0 Å². The summed E-state index contributed by atoms with van der Waals surface area (Å²) in [5.74, 6) is -1.91. The summed E-state index contributed by atoms with van der Waals surface area (Å²) in [6, 6.07) is 0. The molecule has 23 heavy (non-hydrogen) atoms. The highest BCUT2D eigenvalue weighted by atomic mass is 16.6. The first-order chi connectivity index (χ1) is 11.0. The Labute approximate surface area is 137 Å². The molecule has 0 aliphatic carbocycles. The third kappa shape index (κ3) is 12.0. The molecule has 0 heterocycles. The Morgan fingerprint density at radius 1 is 0.783 bits per heavy atom. The van der Waals surface area contributed by atoms with Crippen LogP contribution in [0.2, 0.25) is 0 Å². The van der Waals surface area contributed by atoms with Crippen LogP contribution < -0.4 is 0 Å². The van der Waals surface area contributed by atoms with E-state index < -0.39 is 24.1 Å². The van der Waals surface area contributed by atoms with E-state index in [1.807, 2.05) is 13.8 Å². The molecule has 0 aromatic carbocycles. The Balaban J connectivity index is 3.70. The van der Waals surface area contributed by atoms with Crippen LogP contribution in [0.5, 0.6) is 0 Å². The van der Waals surface area contributed by atoms with Crippen molar-refractivity contribution in [2.75, 3.05) is 26.4 Å². The molecule has 2 atom stereocenters. The normalized spacial score (nSPS) is 13.7. The zero-order valence-electron chi connectivity index (χ0n) is 14.2. The first-order valence-corrected chi connectivity index (χ1v) is 8.29. The van der Waals surface area contributed by atoms with Crippen LogP contribution in [0, 0.1) is 0 Å². The summed E-state index contributed by atoms with van der Waals surface area (Å²) in [5.41, 5.74) is 0. The third-order valence-corrected chi connectivity index (χ3v) is 3.28. The van der Waals surface area contributed by atoms with Crippen molar-refractivity contribution in [3.63, 3.8) is 0 Å². The molecular weight excluding hydrogens is 304 g/mol. The van der Waals surface area contributed by atoms with E-state index in [0.29, 0.717) is 12.8 Å². The Morgan fingerprint density at radius 3 is 1.48 bits per heavy atom. The van der Waals surface area contributed by atoms with Crippen LogP contribution in [0.15, 0.2) is 0 Å². The van der Waals surface area contributed by atoms with Crippen molar-refractivity contribution in [3.8, 4) is 0 Å². The quantitative estimate of drug-likeness (QED) is 0.418. The van der Waals surface area contributed by atoms with Crippen molar-refractivity contribution >= 4 is 11.9 Å². The molecule has 2 N–H and O–H groups in total. The maximum atomic E-state index is 11.0. The highest BCUT2D eigenvalue weighted by Gasteiger charge is 2.18. The molecule has 2 unspecified atom stereocenters. The molecule has 7 nitrogen and oxygen atoms in total. The van der Waals surface area contributed by atoms with Gasteiger partial charge < -0.3 is 24.4 Å². The lowest BCUT2D eigenvalue weighted by atomic mass is 10.1. The SMILES string of the molecule is CCCCC(OCCOCCOC(CCCC)C(=O)O)C(=O)O. The predicted octanol–water partition coefficient (Wildman–Crippen LogP) is 2.32. The minimum atomic E-state index is -0.956. The lowest BCUT2D eigenvalue weighted by molar-refractivity contribution is -0.152. The van der Waals surface area contributed by atoms with Gasteiger partial charge in [0, 0.05) is 0 Å². The lowest BCUT2D eigenvalue weighted by Gasteiger charge is -2.14. The van der Waals surface area contributed by atoms with E-state index in [4.69, 9.17) is 24.4 Å². The summed E-state index contributed by atoms with van der Waals surface area (Å²) in [6.07, 6.45) is 2.85. The van der Waals surface area contributed by atoms with Crippen LogP contribution >= 0.6 is 0 Å². The number of hydrogen-bond donors (Lipinski definition) is 2. The molecule has 0 amide bonds. The number of carbonyl (C=O) groups is 2. The molecule has 0 saturated carbocycles. The molecule has 0 spiro atoms. The molecule has 0 radical (unpaired) electrons. The van der Waals surface area contributed by atoms with Crippen LogP contribution in [-0.4, -0.2) is 60.8 Å². The van der Waals surface area contributed by atoms with Gasteiger partial charge in [-0.1, -0.05) is 39.5 Å².